The first-order valence-corrected chi connectivity index (χ1v) is 3.03. The molecule has 60 valence electrons. The third-order valence-corrected chi connectivity index (χ3v) is 1.18. The van der Waals surface area contributed by atoms with Gasteiger partial charge in [0.2, 0.25) is 0 Å². The Labute approximate surface area is 87.9 Å². The van der Waals surface area contributed by atoms with Crippen LogP contribution in [0.15, 0.2) is 0 Å². The number of hydrogen-bond acceptors (Lipinski definition) is 2. The molecule has 0 saturated carbocycles. The van der Waals surface area contributed by atoms with Gasteiger partial charge in [-0.05, 0) is 0 Å². The van der Waals surface area contributed by atoms with E-state index in [1.807, 2.05) is 0 Å². The van der Waals surface area contributed by atoms with Crippen molar-refractivity contribution in [1.29, 1.82) is 0 Å². The Balaban J connectivity index is 0. The van der Waals surface area contributed by atoms with Crippen LogP contribution in [0.5, 0.6) is 0 Å². The fraction of sp³-hybridized carbons (Fsp3) is 0.667. The van der Waals surface area contributed by atoms with Gasteiger partial charge in [-0.3, -0.25) is 4.79 Å². The predicted molar refractivity (Wildman–Crippen MR) is 35.4 cm³/mol. The van der Waals surface area contributed by atoms with E-state index < -0.39 is 0 Å². The molecular formula is C6H11FNNaO2. The van der Waals surface area contributed by atoms with Gasteiger partial charge in [0.05, 0.1) is 0 Å². The van der Waals surface area contributed by atoms with Gasteiger partial charge in [0.1, 0.15) is 6.67 Å². The number of carboxylic acid groups (broad SMARTS) is 1. The van der Waals surface area contributed by atoms with E-state index in [1.54, 1.807) is 0 Å². The van der Waals surface area contributed by atoms with Gasteiger partial charge in [0, 0.05) is 6.54 Å². The molecule has 0 unspecified atom stereocenters. The maximum atomic E-state index is 11.4. The summed E-state index contributed by atoms with van der Waals surface area (Å²) in [6.45, 7) is 2.15. The van der Waals surface area contributed by atoms with Crippen molar-refractivity contribution in [2.75, 3.05) is 26.3 Å². The second-order valence-corrected chi connectivity index (χ2v) is 1.84. The van der Waals surface area contributed by atoms with Gasteiger partial charge in [-0.15, -0.1) is 13.1 Å². The zero-order chi connectivity index (χ0) is 7.82. The largest absolute Gasteiger partial charge is 1.00 e. The topological polar surface area (TPSA) is 40.5 Å². The molecule has 11 heavy (non-hydrogen) atoms. The van der Waals surface area contributed by atoms with Crippen LogP contribution in [0.25, 0.3) is 0 Å². The summed E-state index contributed by atoms with van der Waals surface area (Å²) in [6.07, 6.45) is 2.13. The van der Waals surface area contributed by atoms with Crippen molar-refractivity contribution in [1.82, 2.24) is 4.90 Å². The number of carbonyl (C=O) groups is 1. The van der Waals surface area contributed by atoms with Crippen LogP contribution in [0.3, 0.4) is 0 Å². The first-order chi connectivity index (χ1) is 4.85. The summed E-state index contributed by atoms with van der Waals surface area (Å²) < 4.78 is 11.4. The van der Waals surface area contributed by atoms with Gasteiger partial charge in [0.25, 0.3) is 6.47 Å². The second-order valence-electron chi connectivity index (χ2n) is 1.84. The summed E-state index contributed by atoms with van der Waals surface area (Å²) in [7, 11) is 0. The van der Waals surface area contributed by atoms with Crippen molar-refractivity contribution in [3.05, 3.63) is 6.42 Å². The quantitative estimate of drug-likeness (QED) is 0.277. The standard InChI is InChI=1S/C5H9FN.CH2O2.Na/c6-2-5-7-3-1-4-7;2-1-3;/h1H,2-5H2;1H,(H,2,3);/q-1;;+1. The Hall–Kier alpha value is 0.360. The van der Waals surface area contributed by atoms with Gasteiger partial charge in [-0.25, -0.2) is 4.39 Å². The third kappa shape index (κ3) is 8.26. The van der Waals surface area contributed by atoms with Crippen molar-refractivity contribution in [2.45, 2.75) is 0 Å². The van der Waals surface area contributed by atoms with E-state index in [9.17, 15) is 4.39 Å². The Kier molecular flexibility index (Phi) is 13.1. The first kappa shape index (κ1) is 13.9. The van der Waals surface area contributed by atoms with Crippen LogP contribution in [0.2, 0.25) is 0 Å². The van der Waals surface area contributed by atoms with E-state index in [0.29, 0.717) is 6.54 Å². The average Bonchev–Trinajstić information content (AvgIpc) is 1.81. The number of likely N-dealkylation sites (tertiary alicyclic amines) is 1. The number of alkyl halides is 1. The summed E-state index contributed by atoms with van der Waals surface area (Å²) in [5.41, 5.74) is 0. The van der Waals surface area contributed by atoms with E-state index in [-0.39, 0.29) is 42.7 Å². The van der Waals surface area contributed by atoms with E-state index in [2.05, 4.69) is 11.3 Å². The minimum atomic E-state index is -0.250. The molecule has 1 fully saturated rings. The summed E-state index contributed by atoms with van der Waals surface area (Å²) in [5, 5.41) is 6.89. The molecule has 1 aliphatic rings. The third-order valence-electron chi connectivity index (χ3n) is 1.18. The van der Waals surface area contributed by atoms with Crippen LogP contribution in [-0.4, -0.2) is 42.8 Å². The van der Waals surface area contributed by atoms with Gasteiger partial charge in [-0.1, -0.05) is 0 Å². The summed E-state index contributed by atoms with van der Waals surface area (Å²) in [4.78, 5) is 10.4. The number of rotatable bonds is 2. The van der Waals surface area contributed by atoms with E-state index in [1.165, 1.54) is 0 Å². The number of nitrogens with zero attached hydrogens (tertiary/aromatic N) is 1. The van der Waals surface area contributed by atoms with Crippen LogP contribution in [0.4, 0.5) is 4.39 Å². The van der Waals surface area contributed by atoms with E-state index >= 15 is 0 Å². The van der Waals surface area contributed by atoms with E-state index in [0.717, 1.165) is 13.1 Å². The molecule has 0 aromatic carbocycles. The number of hydrogen-bond donors (Lipinski definition) is 1. The maximum Gasteiger partial charge on any atom is 1.00 e. The molecule has 0 aromatic heterocycles. The maximum absolute atomic E-state index is 11.4. The summed E-state index contributed by atoms with van der Waals surface area (Å²) >= 11 is 0. The van der Waals surface area contributed by atoms with Crippen molar-refractivity contribution in [2.24, 2.45) is 0 Å². The molecule has 0 bridgehead atoms. The molecule has 1 heterocycles. The van der Waals surface area contributed by atoms with Crippen LogP contribution in [-0.2, 0) is 4.79 Å². The molecule has 1 saturated heterocycles. The van der Waals surface area contributed by atoms with E-state index in [4.69, 9.17) is 9.90 Å². The van der Waals surface area contributed by atoms with Crippen molar-refractivity contribution < 1.29 is 43.8 Å². The molecule has 1 aliphatic heterocycles. The van der Waals surface area contributed by atoms with Crippen molar-refractivity contribution in [3.63, 3.8) is 0 Å². The normalized spacial score (nSPS) is 15.0. The molecule has 3 nitrogen and oxygen atoms in total. The van der Waals surface area contributed by atoms with Crippen molar-refractivity contribution >= 4 is 6.47 Å². The monoisotopic (exact) mass is 171 g/mol. The van der Waals surface area contributed by atoms with Gasteiger partial charge in [0.15, 0.2) is 0 Å². The number of halogens is 1. The minimum Gasteiger partial charge on any atom is -0.483 e. The molecule has 0 aliphatic carbocycles. The summed E-state index contributed by atoms with van der Waals surface area (Å²) in [6, 6.07) is 0. The Morgan fingerprint density at radius 1 is 1.64 bits per heavy atom. The fourth-order valence-electron chi connectivity index (χ4n) is 0.614. The van der Waals surface area contributed by atoms with Gasteiger partial charge < -0.3 is 16.4 Å². The minimum absolute atomic E-state index is 0. The Morgan fingerprint density at radius 2 is 2.09 bits per heavy atom. The average molecular weight is 171 g/mol. The zero-order valence-corrected chi connectivity index (χ0v) is 8.66. The molecule has 0 spiro atoms. The SMILES string of the molecule is FCCN1C[CH-]C1.O=CO.[Na+]. The second kappa shape index (κ2) is 10.4. The van der Waals surface area contributed by atoms with Crippen LogP contribution < -0.4 is 29.6 Å². The molecule has 1 N–H and O–H groups in total. The van der Waals surface area contributed by atoms with Gasteiger partial charge in [-0.2, -0.15) is 0 Å². The smallest absolute Gasteiger partial charge is 0.483 e. The van der Waals surface area contributed by atoms with Crippen LogP contribution in [0.1, 0.15) is 0 Å². The molecule has 0 atom stereocenters. The van der Waals surface area contributed by atoms with Crippen molar-refractivity contribution in [3.8, 4) is 0 Å². The Bertz CT molecular complexity index is 90.7. The Morgan fingerprint density at radius 3 is 2.18 bits per heavy atom. The van der Waals surface area contributed by atoms with Gasteiger partial charge >= 0.3 is 29.6 Å². The van der Waals surface area contributed by atoms with Crippen LogP contribution in [0, 0.1) is 6.42 Å². The molecule has 0 aromatic rings. The fourth-order valence-corrected chi connectivity index (χ4v) is 0.614. The first-order valence-electron chi connectivity index (χ1n) is 3.03. The summed E-state index contributed by atoms with van der Waals surface area (Å²) in [5.74, 6) is 0. The molecule has 1 rings (SSSR count). The zero-order valence-electron chi connectivity index (χ0n) is 6.66. The molecule has 0 amide bonds. The molecular weight excluding hydrogens is 160 g/mol. The molecule has 0 radical (unpaired) electrons. The predicted octanol–water partition coefficient (Wildman–Crippen LogP) is -2.82. The molecule has 5 heteroatoms. The van der Waals surface area contributed by atoms with Crippen LogP contribution >= 0.6 is 0 Å².